The topological polar surface area (TPSA) is 40.1 Å². The van der Waals surface area contributed by atoms with Crippen molar-refractivity contribution in [2.45, 2.75) is 5.51 Å². The maximum atomic E-state index is 10.6. The fraction of sp³-hybridized carbons (Fsp3) is 1.00. The first-order valence-corrected chi connectivity index (χ1v) is 2.18. The van der Waals surface area contributed by atoms with Crippen molar-refractivity contribution in [3.63, 3.8) is 0 Å². The van der Waals surface area contributed by atoms with E-state index < -0.39 is 16.6 Å². The van der Waals surface area contributed by atoms with Crippen LogP contribution in [0.25, 0.3) is 0 Å². The second-order valence-electron chi connectivity index (χ2n) is 0.680. The molecule has 7 heteroatoms. The van der Waals surface area contributed by atoms with Crippen LogP contribution in [-0.2, 0) is 11.1 Å². The van der Waals surface area contributed by atoms with Crippen molar-refractivity contribution >= 4 is 11.1 Å². The fourth-order valence-corrected chi connectivity index (χ4v) is 0. The second-order valence-corrected chi connectivity index (χ2v) is 1.61. The molecule has 0 amide bonds. The number of hydrogen-bond acceptors (Lipinski definition) is 2. The molecule has 0 saturated carbocycles. The summed E-state index contributed by atoms with van der Waals surface area (Å²) >= 11 is -3.93. The van der Waals surface area contributed by atoms with Gasteiger partial charge in [0.1, 0.15) is 0 Å². The van der Waals surface area contributed by atoms with Crippen LogP contribution in [0, 0.1) is 0 Å². The summed E-state index contributed by atoms with van der Waals surface area (Å²) < 4.78 is 49.5. The normalized spacial score (nSPS) is 14.5. The van der Waals surface area contributed by atoms with E-state index in [1.165, 1.54) is 0 Å². The summed E-state index contributed by atoms with van der Waals surface area (Å²) in [5.74, 6) is 0. The average molecular weight is 141 g/mol. The van der Waals surface area contributed by atoms with E-state index >= 15 is 0 Å². The van der Waals surface area contributed by atoms with Gasteiger partial charge in [-0.1, -0.05) is 0 Å². The minimum Gasteiger partial charge on any atom is -1.00 e. The largest absolute Gasteiger partial charge is 1.00 e. The Morgan fingerprint density at radius 3 is 1.62 bits per heavy atom. The number of rotatable bonds is 0. The third-order valence-electron chi connectivity index (χ3n) is 0.189. The van der Waals surface area contributed by atoms with Crippen molar-refractivity contribution in [1.82, 2.24) is 0 Å². The fourth-order valence-electron chi connectivity index (χ4n) is 0. The Kier molecular flexibility index (Phi) is 4.96. The molecular weight excluding hydrogens is 140 g/mol. The Morgan fingerprint density at radius 1 is 1.50 bits per heavy atom. The van der Waals surface area contributed by atoms with Gasteiger partial charge in [-0.2, -0.15) is 13.2 Å². The smallest absolute Gasteiger partial charge is 1.00 e. The quantitative estimate of drug-likeness (QED) is 0.276. The number of hydrogen-bond donors (Lipinski definition) is 0. The SMILES string of the molecule is O=S([O-])C(F)(F)F.[H-].[Li+]. The van der Waals surface area contributed by atoms with Crippen LogP contribution >= 0.6 is 0 Å². The van der Waals surface area contributed by atoms with Gasteiger partial charge < -0.3 is 5.98 Å². The van der Waals surface area contributed by atoms with E-state index in [4.69, 9.17) is 8.76 Å². The van der Waals surface area contributed by atoms with Gasteiger partial charge >= 0.3 is 24.4 Å². The van der Waals surface area contributed by atoms with Crippen LogP contribution in [0.4, 0.5) is 13.2 Å². The molecular formula is CHF3LiO2S-. The zero-order chi connectivity index (χ0) is 6.08. The molecule has 0 aromatic carbocycles. The zero-order valence-electron chi connectivity index (χ0n) is 4.86. The number of alkyl halides is 3. The van der Waals surface area contributed by atoms with Gasteiger partial charge in [0.2, 0.25) is 0 Å². The van der Waals surface area contributed by atoms with Crippen LogP contribution in [0.5, 0.6) is 0 Å². The zero-order valence-corrected chi connectivity index (χ0v) is 4.68. The Morgan fingerprint density at radius 2 is 1.62 bits per heavy atom. The summed E-state index contributed by atoms with van der Waals surface area (Å²) in [6.45, 7) is 0. The molecule has 0 fully saturated rings. The van der Waals surface area contributed by atoms with Gasteiger partial charge in [-0.25, -0.2) is 0 Å². The molecule has 1 atom stereocenters. The molecule has 0 aliphatic heterocycles. The molecule has 0 spiro atoms. The molecule has 0 radical (unpaired) electrons. The van der Waals surface area contributed by atoms with Crippen LogP contribution in [0.3, 0.4) is 0 Å². The molecule has 0 saturated heterocycles. The summed E-state index contributed by atoms with van der Waals surface area (Å²) in [5, 5.41) is 0. The van der Waals surface area contributed by atoms with Crippen molar-refractivity contribution in [2.24, 2.45) is 0 Å². The predicted octanol–water partition coefficient (Wildman–Crippen LogP) is -2.50. The van der Waals surface area contributed by atoms with Gasteiger partial charge in [0.15, 0.2) is 0 Å². The van der Waals surface area contributed by atoms with E-state index in [0.29, 0.717) is 0 Å². The first-order valence-electron chi connectivity index (χ1n) is 1.10. The first-order chi connectivity index (χ1) is 2.94. The van der Waals surface area contributed by atoms with Gasteiger partial charge in [0, 0.05) is 0 Å². The second kappa shape index (κ2) is 3.51. The minimum absolute atomic E-state index is 0. The minimum atomic E-state index is -5.08. The summed E-state index contributed by atoms with van der Waals surface area (Å²) in [7, 11) is 0. The molecule has 0 bridgehead atoms. The Hall–Kier alpha value is 0.497. The molecule has 0 aliphatic carbocycles. The van der Waals surface area contributed by atoms with Crippen LogP contribution in [0.2, 0.25) is 0 Å². The molecule has 0 aromatic rings. The van der Waals surface area contributed by atoms with Crippen molar-refractivity contribution in [2.75, 3.05) is 0 Å². The predicted molar refractivity (Wildman–Crippen MR) is 16.1 cm³/mol. The van der Waals surface area contributed by atoms with Crippen LogP contribution < -0.4 is 18.9 Å². The Bertz CT molecular complexity index is 94.3. The van der Waals surface area contributed by atoms with E-state index in [9.17, 15) is 13.2 Å². The molecule has 2 nitrogen and oxygen atoms in total. The van der Waals surface area contributed by atoms with Crippen molar-refractivity contribution < 1.29 is 42.2 Å². The molecule has 0 rings (SSSR count). The van der Waals surface area contributed by atoms with Gasteiger partial charge in [-0.05, 0) is 0 Å². The van der Waals surface area contributed by atoms with Crippen molar-refractivity contribution in [3.05, 3.63) is 0 Å². The van der Waals surface area contributed by atoms with Gasteiger partial charge in [0.25, 0.3) is 0 Å². The van der Waals surface area contributed by atoms with Gasteiger partial charge in [0.05, 0.1) is 11.1 Å². The van der Waals surface area contributed by atoms with E-state index in [-0.39, 0.29) is 20.3 Å². The molecule has 0 heterocycles. The molecule has 46 valence electrons. The van der Waals surface area contributed by atoms with E-state index in [0.717, 1.165) is 0 Å². The number of halogens is 3. The van der Waals surface area contributed by atoms with E-state index in [1.807, 2.05) is 0 Å². The van der Waals surface area contributed by atoms with Crippen molar-refractivity contribution in [1.29, 1.82) is 0 Å². The monoisotopic (exact) mass is 141 g/mol. The Labute approximate surface area is 59.4 Å². The summed E-state index contributed by atoms with van der Waals surface area (Å²) in [6, 6.07) is 0. The molecule has 1 unspecified atom stereocenters. The Balaban J connectivity index is -0.000000180. The first kappa shape index (κ1) is 11.3. The summed E-state index contributed by atoms with van der Waals surface area (Å²) in [6.07, 6.45) is 0. The summed E-state index contributed by atoms with van der Waals surface area (Å²) in [5.41, 5.74) is -5.08. The molecule has 0 N–H and O–H groups in total. The van der Waals surface area contributed by atoms with Gasteiger partial charge in [-0.15, -0.1) is 0 Å². The van der Waals surface area contributed by atoms with Crippen LogP contribution in [0.15, 0.2) is 0 Å². The molecule has 8 heavy (non-hydrogen) atoms. The van der Waals surface area contributed by atoms with E-state index in [2.05, 4.69) is 0 Å². The van der Waals surface area contributed by atoms with E-state index in [1.54, 1.807) is 0 Å². The third-order valence-corrected chi connectivity index (χ3v) is 0.567. The maximum absolute atomic E-state index is 10.6. The van der Waals surface area contributed by atoms with Gasteiger partial charge in [-0.3, -0.25) is 4.21 Å². The molecule has 0 aliphatic rings. The standard InChI is InChI=1S/CHF3O2S.Li.H/c2-1(3,4)7(5)6;;/h(H,5,6);;/q;+1;-1/p-1. The summed E-state index contributed by atoms with van der Waals surface area (Å²) in [4.78, 5) is 0. The van der Waals surface area contributed by atoms with Crippen LogP contribution in [-0.4, -0.2) is 14.3 Å². The van der Waals surface area contributed by atoms with Crippen LogP contribution in [0.1, 0.15) is 1.43 Å². The third kappa shape index (κ3) is 4.65. The maximum Gasteiger partial charge on any atom is 1.00 e. The molecule has 0 aromatic heterocycles. The average Bonchev–Trinajstić information content (AvgIpc) is 1.31. The van der Waals surface area contributed by atoms with Crippen molar-refractivity contribution in [3.8, 4) is 0 Å².